The summed E-state index contributed by atoms with van der Waals surface area (Å²) in [4.78, 5) is 31.9. The van der Waals surface area contributed by atoms with Gasteiger partial charge in [0.05, 0.1) is 18.7 Å². The van der Waals surface area contributed by atoms with Crippen molar-refractivity contribution in [3.05, 3.63) is 36.3 Å². The molecule has 1 saturated heterocycles. The number of rotatable bonds is 3. The Bertz CT molecular complexity index is 671. The highest BCUT2D eigenvalue weighted by molar-refractivity contribution is 5.79. The number of carbonyl (C=O) groups excluding carboxylic acids is 2. The molecule has 1 aliphatic rings. The molecule has 0 spiro atoms. The molecule has 7 heteroatoms. The van der Waals surface area contributed by atoms with Crippen molar-refractivity contribution in [2.75, 3.05) is 32.8 Å². The van der Waals surface area contributed by atoms with Crippen LogP contribution in [0.15, 0.2) is 30.6 Å². The summed E-state index contributed by atoms with van der Waals surface area (Å²) in [6, 6.07) is 5.75. The first kappa shape index (κ1) is 15.3. The van der Waals surface area contributed by atoms with Crippen LogP contribution in [0.4, 0.5) is 4.79 Å². The molecule has 0 atom stereocenters. The molecule has 0 aliphatic carbocycles. The van der Waals surface area contributed by atoms with Crippen molar-refractivity contribution < 1.29 is 14.3 Å². The van der Waals surface area contributed by atoms with Crippen molar-refractivity contribution in [3.63, 3.8) is 0 Å². The second-order valence-electron chi connectivity index (χ2n) is 5.44. The van der Waals surface area contributed by atoms with Gasteiger partial charge in [0, 0.05) is 38.6 Å². The van der Waals surface area contributed by atoms with Crippen molar-refractivity contribution in [2.24, 2.45) is 0 Å². The topological polar surface area (TPSA) is 67.2 Å². The predicted octanol–water partition coefficient (Wildman–Crippen LogP) is 1.18. The van der Waals surface area contributed by atoms with Crippen LogP contribution in [0.2, 0.25) is 0 Å². The molecule has 0 unspecified atom stereocenters. The number of carbonyl (C=O) groups is 2. The number of nitrogens with zero attached hydrogens (tertiary/aromatic N) is 4. The molecule has 0 aromatic carbocycles. The van der Waals surface area contributed by atoms with Crippen LogP contribution in [0.5, 0.6) is 0 Å². The molecule has 1 fully saturated rings. The first-order valence-corrected chi connectivity index (χ1v) is 7.79. The number of pyridine rings is 1. The number of piperazine rings is 1. The number of hydrogen-bond donors (Lipinski definition) is 0. The zero-order valence-electron chi connectivity index (χ0n) is 13.1. The Labute approximate surface area is 134 Å². The number of fused-ring (bicyclic) bond motifs is 1. The summed E-state index contributed by atoms with van der Waals surface area (Å²) in [5, 5.41) is 0. The maximum atomic E-state index is 12.4. The molecule has 2 aromatic rings. The number of imidazole rings is 1. The van der Waals surface area contributed by atoms with Gasteiger partial charge in [-0.1, -0.05) is 6.07 Å². The molecule has 3 heterocycles. The molecule has 0 saturated carbocycles. The van der Waals surface area contributed by atoms with Crippen LogP contribution in [-0.4, -0.2) is 64.0 Å². The van der Waals surface area contributed by atoms with Crippen LogP contribution in [0.25, 0.3) is 5.65 Å². The molecule has 122 valence electrons. The van der Waals surface area contributed by atoms with Gasteiger partial charge in [-0.3, -0.25) is 4.79 Å². The minimum atomic E-state index is -0.306. The molecular formula is C16H20N4O3. The largest absolute Gasteiger partial charge is 0.450 e. The fourth-order valence-electron chi connectivity index (χ4n) is 2.69. The molecule has 23 heavy (non-hydrogen) atoms. The molecule has 0 radical (unpaired) electrons. The van der Waals surface area contributed by atoms with Gasteiger partial charge in [0.15, 0.2) is 0 Å². The van der Waals surface area contributed by atoms with Crippen LogP contribution < -0.4 is 0 Å². The molecule has 2 aromatic heterocycles. The fourth-order valence-corrected chi connectivity index (χ4v) is 2.69. The fraction of sp³-hybridized carbons (Fsp3) is 0.438. The zero-order valence-corrected chi connectivity index (χ0v) is 13.1. The minimum Gasteiger partial charge on any atom is -0.450 e. The summed E-state index contributed by atoms with van der Waals surface area (Å²) >= 11 is 0. The summed E-state index contributed by atoms with van der Waals surface area (Å²) < 4.78 is 6.88. The highest BCUT2D eigenvalue weighted by Gasteiger charge is 2.25. The van der Waals surface area contributed by atoms with Crippen LogP contribution in [0, 0.1) is 0 Å². The quantitative estimate of drug-likeness (QED) is 0.853. The lowest BCUT2D eigenvalue weighted by molar-refractivity contribution is -0.132. The van der Waals surface area contributed by atoms with E-state index in [9.17, 15) is 9.59 Å². The van der Waals surface area contributed by atoms with Crippen LogP contribution in [0.1, 0.15) is 12.6 Å². The van der Waals surface area contributed by atoms with E-state index in [1.165, 1.54) is 0 Å². The van der Waals surface area contributed by atoms with E-state index in [-0.39, 0.29) is 18.4 Å². The molecule has 1 aliphatic heterocycles. The minimum absolute atomic E-state index is 0.0388. The lowest BCUT2D eigenvalue weighted by Crippen LogP contribution is -2.51. The lowest BCUT2D eigenvalue weighted by Gasteiger charge is -2.34. The van der Waals surface area contributed by atoms with Gasteiger partial charge in [0.25, 0.3) is 0 Å². The van der Waals surface area contributed by atoms with Crippen LogP contribution in [-0.2, 0) is 16.0 Å². The number of amides is 2. The van der Waals surface area contributed by atoms with Crippen molar-refractivity contribution in [1.29, 1.82) is 0 Å². The summed E-state index contributed by atoms with van der Waals surface area (Å²) in [7, 11) is 0. The average Bonchev–Trinajstić information content (AvgIpc) is 2.97. The van der Waals surface area contributed by atoms with E-state index in [1.807, 2.05) is 35.0 Å². The summed E-state index contributed by atoms with van der Waals surface area (Å²) in [6.45, 7) is 4.24. The molecule has 0 N–H and O–H groups in total. The van der Waals surface area contributed by atoms with Crippen molar-refractivity contribution in [3.8, 4) is 0 Å². The van der Waals surface area contributed by atoms with E-state index in [0.717, 1.165) is 11.3 Å². The van der Waals surface area contributed by atoms with Gasteiger partial charge in [0.2, 0.25) is 5.91 Å². The van der Waals surface area contributed by atoms with Gasteiger partial charge in [-0.05, 0) is 19.1 Å². The summed E-state index contributed by atoms with van der Waals surface area (Å²) in [5.74, 6) is 0.0388. The van der Waals surface area contributed by atoms with Crippen molar-refractivity contribution >= 4 is 17.6 Å². The zero-order chi connectivity index (χ0) is 16.2. The van der Waals surface area contributed by atoms with Gasteiger partial charge in [-0.2, -0.15) is 0 Å². The second kappa shape index (κ2) is 6.68. The Hall–Kier alpha value is -2.57. The van der Waals surface area contributed by atoms with Gasteiger partial charge in [0.1, 0.15) is 5.65 Å². The third kappa shape index (κ3) is 3.44. The van der Waals surface area contributed by atoms with E-state index in [2.05, 4.69) is 4.98 Å². The van der Waals surface area contributed by atoms with Gasteiger partial charge in [-0.15, -0.1) is 0 Å². The van der Waals surface area contributed by atoms with Crippen molar-refractivity contribution in [2.45, 2.75) is 13.3 Å². The highest BCUT2D eigenvalue weighted by atomic mass is 16.6. The SMILES string of the molecule is CCOC(=O)N1CCN(C(=O)Cc2cn3ccccc3n2)CC1. The maximum absolute atomic E-state index is 12.4. The number of aromatic nitrogens is 2. The third-order valence-electron chi connectivity index (χ3n) is 3.90. The Morgan fingerprint density at radius 3 is 2.61 bits per heavy atom. The Morgan fingerprint density at radius 1 is 1.17 bits per heavy atom. The van der Waals surface area contributed by atoms with Crippen LogP contribution in [0.3, 0.4) is 0 Å². The van der Waals surface area contributed by atoms with E-state index in [1.54, 1.807) is 16.7 Å². The highest BCUT2D eigenvalue weighted by Crippen LogP contribution is 2.09. The second-order valence-corrected chi connectivity index (χ2v) is 5.44. The molecule has 3 rings (SSSR count). The average molecular weight is 316 g/mol. The van der Waals surface area contributed by atoms with Crippen LogP contribution >= 0.6 is 0 Å². The first-order valence-electron chi connectivity index (χ1n) is 7.79. The first-order chi connectivity index (χ1) is 11.2. The molecule has 0 bridgehead atoms. The van der Waals surface area contributed by atoms with Crippen molar-refractivity contribution in [1.82, 2.24) is 19.2 Å². The number of ether oxygens (including phenoxy) is 1. The van der Waals surface area contributed by atoms with E-state index < -0.39 is 0 Å². The van der Waals surface area contributed by atoms with Gasteiger partial charge >= 0.3 is 6.09 Å². The molecular weight excluding hydrogens is 296 g/mol. The summed E-state index contributed by atoms with van der Waals surface area (Å²) in [6.07, 6.45) is 3.76. The normalized spacial score (nSPS) is 15.0. The van der Waals surface area contributed by atoms with E-state index >= 15 is 0 Å². The standard InChI is InChI=1S/C16H20N4O3/c1-2-23-16(22)19-9-7-18(8-10-19)15(21)11-13-12-20-6-4-3-5-14(20)17-13/h3-6,12H,2,7-11H2,1H3. The van der Waals surface area contributed by atoms with Gasteiger partial charge < -0.3 is 18.9 Å². The number of hydrogen-bond acceptors (Lipinski definition) is 4. The Morgan fingerprint density at radius 2 is 1.91 bits per heavy atom. The molecule has 7 nitrogen and oxygen atoms in total. The van der Waals surface area contributed by atoms with E-state index in [0.29, 0.717) is 32.8 Å². The monoisotopic (exact) mass is 316 g/mol. The predicted molar refractivity (Wildman–Crippen MR) is 84.1 cm³/mol. The van der Waals surface area contributed by atoms with E-state index in [4.69, 9.17) is 4.74 Å². The summed E-state index contributed by atoms with van der Waals surface area (Å²) in [5.41, 5.74) is 1.59. The maximum Gasteiger partial charge on any atom is 0.409 e. The smallest absolute Gasteiger partial charge is 0.409 e. The molecule has 2 amide bonds. The Kier molecular flexibility index (Phi) is 4.45. The van der Waals surface area contributed by atoms with Gasteiger partial charge in [-0.25, -0.2) is 9.78 Å². The third-order valence-corrected chi connectivity index (χ3v) is 3.90. The Balaban J connectivity index is 1.56. The lowest BCUT2D eigenvalue weighted by atomic mass is 10.2.